The van der Waals surface area contributed by atoms with Crippen molar-refractivity contribution in [1.29, 1.82) is 0 Å². The van der Waals surface area contributed by atoms with Crippen molar-refractivity contribution in [2.45, 2.75) is 19.1 Å². The summed E-state index contributed by atoms with van der Waals surface area (Å²) in [5, 5.41) is 3.38. The van der Waals surface area contributed by atoms with E-state index in [1.807, 2.05) is 42.5 Å². The molecule has 0 spiro atoms. The van der Waals surface area contributed by atoms with E-state index in [0.717, 1.165) is 11.1 Å². The van der Waals surface area contributed by atoms with Crippen LogP contribution in [0.4, 0.5) is 4.79 Å². The molecule has 2 N–H and O–H groups in total. The van der Waals surface area contributed by atoms with E-state index in [4.69, 9.17) is 28.1 Å². The smallest absolute Gasteiger partial charge is 0.407 e. The summed E-state index contributed by atoms with van der Waals surface area (Å²) in [6.07, 6.45) is 0.184. The van der Waals surface area contributed by atoms with Crippen LogP contribution in [-0.2, 0) is 11.3 Å². The normalized spacial score (nSPS) is 11.7. The van der Waals surface area contributed by atoms with Gasteiger partial charge in [-0.05, 0) is 41.5 Å². The Morgan fingerprint density at radius 2 is 1.78 bits per heavy atom. The fourth-order valence-electron chi connectivity index (χ4n) is 2.07. The fraction of sp³-hybridized carbons (Fsp3) is 0.235. The summed E-state index contributed by atoms with van der Waals surface area (Å²) in [6.45, 7) is 0.696. The molecule has 4 nitrogen and oxygen atoms in total. The maximum atomic E-state index is 11.7. The minimum Gasteiger partial charge on any atom is -0.445 e. The third-order valence-corrected chi connectivity index (χ3v) is 3.83. The summed E-state index contributed by atoms with van der Waals surface area (Å²) in [5.74, 6) is 0. The third-order valence-electron chi connectivity index (χ3n) is 3.32. The number of hydrogen-bond donors (Lipinski definition) is 2. The highest BCUT2D eigenvalue weighted by atomic mass is 35.5. The zero-order valence-corrected chi connectivity index (χ0v) is 14.0. The van der Waals surface area contributed by atoms with Gasteiger partial charge in [0.05, 0.1) is 0 Å². The Morgan fingerprint density at radius 1 is 1.09 bits per heavy atom. The molecule has 1 unspecified atom stereocenters. The fourth-order valence-corrected chi connectivity index (χ4v) is 2.43. The van der Waals surface area contributed by atoms with Gasteiger partial charge in [-0.3, -0.25) is 0 Å². The van der Waals surface area contributed by atoms with Crippen LogP contribution in [0.15, 0.2) is 54.6 Å². The van der Waals surface area contributed by atoms with E-state index in [-0.39, 0.29) is 12.6 Å². The number of amides is 1. The second kappa shape index (κ2) is 9.40. The van der Waals surface area contributed by atoms with Crippen molar-refractivity contribution >= 4 is 29.5 Å². The highest BCUT2D eigenvalue weighted by Gasteiger charge is 2.11. The first-order valence-corrected chi connectivity index (χ1v) is 8.01. The molecule has 0 fully saturated rings. The molecule has 23 heavy (non-hydrogen) atoms. The number of nitrogens with one attached hydrogen (secondary N) is 2. The first kappa shape index (κ1) is 17.6. The maximum absolute atomic E-state index is 11.7. The number of benzene rings is 2. The monoisotopic (exact) mass is 352 g/mol. The van der Waals surface area contributed by atoms with E-state index in [9.17, 15) is 4.79 Å². The minimum atomic E-state index is -0.446. The number of carbonyl (C=O) groups is 1. The molecule has 6 heteroatoms. The molecule has 0 aliphatic heterocycles. The van der Waals surface area contributed by atoms with Crippen LogP contribution in [-0.4, -0.2) is 12.6 Å². The molecule has 1 atom stereocenters. The van der Waals surface area contributed by atoms with Gasteiger partial charge in [0.25, 0.3) is 0 Å². The number of carbonyl (C=O) groups excluding carboxylic acids is 1. The Balaban J connectivity index is 1.72. The van der Waals surface area contributed by atoms with Gasteiger partial charge in [0.15, 0.2) is 0 Å². The Kier molecular flexibility index (Phi) is 7.20. The molecule has 122 valence electrons. The lowest BCUT2D eigenvalue weighted by atomic mass is 10.1. The molecule has 1 amide bonds. The first-order valence-electron chi connectivity index (χ1n) is 7.25. The van der Waals surface area contributed by atoms with Crippen LogP contribution < -0.4 is 10.2 Å². The minimum absolute atomic E-state index is 0.0802. The summed E-state index contributed by atoms with van der Waals surface area (Å²) in [5.41, 5.74) is 1.95. The van der Waals surface area contributed by atoms with Gasteiger partial charge < -0.3 is 10.1 Å². The van der Waals surface area contributed by atoms with Crippen molar-refractivity contribution in [2.75, 3.05) is 6.54 Å². The van der Waals surface area contributed by atoms with Gasteiger partial charge in [-0.25, -0.2) is 9.63 Å². The van der Waals surface area contributed by atoms with E-state index >= 15 is 0 Å². The van der Waals surface area contributed by atoms with Gasteiger partial charge in [-0.15, -0.1) is 0 Å². The first-order chi connectivity index (χ1) is 11.2. The highest BCUT2D eigenvalue weighted by Crippen LogP contribution is 2.19. The van der Waals surface area contributed by atoms with Gasteiger partial charge >= 0.3 is 6.09 Å². The molecule has 0 aliphatic carbocycles. The topological polar surface area (TPSA) is 50.4 Å². The van der Waals surface area contributed by atoms with Crippen LogP contribution in [0.2, 0.25) is 5.02 Å². The molecule has 0 aromatic heterocycles. The van der Waals surface area contributed by atoms with Crippen molar-refractivity contribution in [3.63, 3.8) is 0 Å². The summed E-state index contributed by atoms with van der Waals surface area (Å²) < 4.78 is 5.14. The SMILES string of the molecule is O=C(NCCC(NCl)c1ccc(Cl)cc1)OCc1ccccc1. The second-order valence-corrected chi connectivity index (χ2v) is 5.65. The molecule has 0 radical (unpaired) electrons. The predicted molar refractivity (Wildman–Crippen MR) is 92.4 cm³/mol. The lowest BCUT2D eigenvalue weighted by molar-refractivity contribution is 0.139. The summed E-state index contributed by atoms with van der Waals surface area (Å²) in [4.78, 5) is 14.4. The number of ether oxygens (including phenoxy) is 1. The van der Waals surface area contributed by atoms with Gasteiger partial charge in [0.2, 0.25) is 0 Å². The van der Waals surface area contributed by atoms with Gasteiger partial charge in [-0.1, -0.05) is 54.1 Å². The van der Waals surface area contributed by atoms with Crippen molar-refractivity contribution in [3.05, 3.63) is 70.7 Å². The quantitative estimate of drug-likeness (QED) is 0.724. The second-order valence-electron chi connectivity index (χ2n) is 4.99. The van der Waals surface area contributed by atoms with Gasteiger partial charge in [-0.2, -0.15) is 0 Å². The Morgan fingerprint density at radius 3 is 2.43 bits per heavy atom. The van der Waals surface area contributed by atoms with Crippen molar-refractivity contribution in [1.82, 2.24) is 10.2 Å². The maximum Gasteiger partial charge on any atom is 0.407 e. The van der Waals surface area contributed by atoms with Crippen molar-refractivity contribution in [3.8, 4) is 0 Å². The van der Waals surface area contributed by atoms with Crippen molar-refractivity contribution in [2.24, 2.45) is 0 Å². The average molecular weight is 353 g/mol. The Hall–Kier alpha value is -1.75. The van der Waals surface area contributed by atoms with E-state index in [1.54, 1.807) is 12.1 Å². The van der Waals surface area contributed by atoms with Crippen LogP contribution in [0.1, 0.15) is 23.6 Å². The predicted octanol–water partition coefficient (Wildman–Crippen LogP) is 4.44. The standard InChI is InChI=1S/C17H18Cl2N2O2/c18-15-8-6-14(7-9-15)16(21-19)10-11-20-17(22)23-12-13-4-2-1-3-5-13/h1-9,16,21H,10-12H2,(H,20,22). The molecule has 2 rings (SSSR count). The number of halogens is 2. The zero-order chi connectivity index (χ0) is 16.5. The molecule has 0 saturated carbocycles. The molecule has 0 heterocycles. The van der Waals surface area contributed by atoms with Crippen LogP contribution in [0, 0.1) is 0 Å². The third kappa shape index (κ3) is 6.10. The highest BCUT2D eigenvalue weighted by molar-refractivity contribution is 6.30. The van der Waals surface area contributed by atoms with E-state index < -0.39 is 6.09 Å². The lowest BCUT2D eigenvalue weighted by Gasteiger charge is -2.15. The van der Waals surface area contributed by atoms with Crippen LogP contribution >= 0.6 is 23.4 Å². The molecule has 2 aromatic carbocycles. The van der Waals surface area contributed by atoms with Crippen LogP contribution in [0.3, 0.4) is 0 Å². The molecule has 2 aromatic rings. The summed E-state index contributed by atoms with van der Waals surface area (Å²) >= 11 is 11.6. The van der Waals surface area contributed by atoms with Gasteiger partial charge in [0, 0.05) is 17.6 Å². The summed E-state index contributed by atoms with van der Waals surface area (Å²) in [7, 11) is 0. The van der Waals surface area contributed by atoms with E-state index in [1.165, 1.54) is 0 Å². The van der Waals surface area contributed by atoms with Crippen LogP contribution in [0.5, 0.6) is 0 Å². The Labute approximate surface area is 145 Å². The molecule has 0 aliphatic rings. The largest absolute Gasteiger partial charge is 0.445 e. The number of rotatable bonds is 7. The van der Waals surface area contributed by atoms with Crippen LogP contribution in [0.25, 0.3) is 0 Å². The Bertz CT molecular complexity index is 606. The zero-order valence-electron chi connectivity index (χ0n) is 12.5. The molecular formula is C17H18Cl2N2O2. The van der Waals surface area contributed by atoms with Crippen molar-refractivity contribution < 1.29 is 9.53 Å². The molecular weight excluding hydrogens is 335 g/mol. The molecule has 0 saturated heterocycles. The van der Waals surface area contributed by atoms with E-state index in [0.29, 0.717) is 18.0 Å². The van der Waals surface area contributed by atoms with Gasteiger partial charge in [0.1, 0.15) is 6.61 Å². The lowest BCUT2D eigenvalue weighted by Crippen LogP contribution is -2.27. The van der Waals surface area contributed by atoms with E-state index in [2.05, 4.69) is 10.2 Å². The number of hydrogen-bond acceptors (Lipinski definition) is 3. The molecule has 0 bridgehead atoms. The summed E-state index contributed by atoms with van der Waals surface area (Å²) in [6, 6.07) is 16.9. The average Bonchev–Trinajstić information content (AvgIpc) is 2.59. The number of alkyl carbamates (subject to hydrolysis) is 1.